The Morgan fingerprint density at radius 3 is 3.27 bits per heavy atom. The number of nitrogens with zero attached hydrogens (tertiary/aromatic N) is 2. The number of ether oxygens (including phenoxy) is 1. The number of fused-ring (bicyclic) bond motifs is 1. The monoisotopic (exact) mass is 203 g/mol. The molecule has 1 saturated heterocycles. The number of hydrogen-bond donors (Lipinski definition) is 1. The van der Waals surface area contributed by atoms with Gasteiger partial charge in [-0.3, -0.25) is 0 Å². The lowest BCUT2D eigenvalue weighted by atomic mass is 10.1. The number of pyridine rings is 1. The van der Waals surface area contributed by atoms with E-state index in [4.69, 9.17) is 10.5 Å². The molecule has 0 saturated carbocycles. The van der Waals surface area contributed by atoms with Crippen LogP contribution in [0.15, 0.2) is 24.5 Å². The van der Waals surface area contributed by atoms with Crippen molar-refractivity contribution in [2.24, 2.45) is 0 Å². The van der Waals surface area contributed by atoms with E-state index in [9.17, 15) is 0 Å². The topological polar surface area (TPSA) is 52.5 Å². The van der Waals surface area contributed by atoms with Gasteiger partial charge in [-0.1, -0.05) is 0 Å². The second kappa shape index (κ2) is 3.24. The van der Waals surface area contributed by atoms with Crippen LogP contribution in [-0.4, -0.2) is 22.6 Å². The minimum Gasteiger partial charge on any atom is -0.399 e. The summed E-state index contributed by atoms with van der Waals surface area (Å²) in [5.41, 5.74) is 8.48. The highest BCUT2D eigenvalue weighted by atomic mass is 16.5. The van der Waals surface area contributed by atoms with Gasteiger partial charge in [-0.25, -0.2) is 4.98 Å². The summed E-state index contributed by atoms with van der Waals surface area (Å²) >= 11 is 0. The van der Waals surface area contributed by atoms with Crippen molar-refractivity contribution in [3.05, 3.63) is 30.2 Å². The number of anilines is 1. The summed E-state index contributed by atoms with van der Waals surface area (Å²) < 4.78 is 7.36. The van der Waals surface area contributed by atoms with Gasteiger partial charge >= 0.3 is 0 Å². The molecule has 0 bridgehead atoms. The highest BCUT2D eigenvalue weighted by molar-refractivity contribution is 5.52. The van der Waals surface area contributed by atoms with E-state index in [0.29, 0.717) is 5.92 Å². The molecule has 0 radical (unpaired) electrons. The molecule has 15 heavy (non-hydrogen) atoms. The fraction of sp³-hybridized carbons (Fsp3) is 0.364. The molecule has 1 atom stereocenters. The Morgan fingerprint density at radius 2 is 2.47 bits per heavy atom. The van der Waals surface area contributed by atoms with Crippen LogP contribution in [0.3, 0.4) is 0 Å². The number of nitrogen functional groups attached to an aromatic ring is 1. The van der Waals surface area contributed by atoms with E-state index in [0.717, 1.165) is 36.7 Å². The maximum atomic E-state index is 5.71. The molecule has 2 aromatic heterocycles. The molecule has 0 spiro atoms. The third-order valence-corrected chi connectivity index (χ3v) is 2.85. The highest BCUT2D eigenvalue weighted by Crippen LogP contribution is 2.24. The minimum absolute atomic E-state index is 0.450. The maximum Gasteiger partial charge on any atom is 0.139 e. The van der Waals surface area contributed by atoms with E-state index in [1.807, 2.05) is 22.7 Å². The number of imidazole rings is 1. The molecule has 4 heteroatoms. The molecule has 0 amide bonds. The van der Waals surface area contributed by atoms with Gasteiger partial charge in [0.25, 0.3) is 0 Å². The number of nitrogens with two attached hydrogens (primary N) is 1. The molecule has 78 valence electrons. The van der Waals surface area contributed by atoms with Crippen molar-refractivity contribution in [3.63, 3.8) is 0 Å². The maximum absolute atomic E-state index is 5.71. The molecule has 4 nitrogen and oxygen atoms in total. The van der Waals surface area contributed by atoms with E-state index in [2.05, 4.69) is 11.2 Å². The van der Waals surface area contributed by atoms with Crippen molar-refractivity contribution in [2.45, 2.75) is 12.3 Å². The molecule has 0 aromatic carbocycles. The lowest BCUT2D eigenvalue weighted by molar-refractivity contribution is 0.193. The Kier molecular flexibility index (Phi) is 1.89. The van der Waals surface area contributed by atoms with E-state index < -0.39 is 0 Å². The van der Waals surface area contributed by atoms with Gasteiger partial charge in [0.05, 0.1) is 12.3 Å². The van der Waals surface area contributed by atoms with Crippen LogP contribution in [0.2, 0.25) is 0 Å². The summed E-state index contributed by atoms with van der Waals surface area (Å²) in [6, 6.07) is 3.77. The zero-order valence-corrected chi connectivity index (χ0v) is 8.39. The molecule has 0 aliphatic carbocycles. The molecule has 1 aliphatic heterocycles. The molecule has 1 unspecified atom stereocenters. The largest absolute Gasteiger partial charge is 0.399 e. The third kappa shape index (κ3) is 1.47. The van der Waals surface area contributed by atoms with Crippen molar-refractivity contribution < 1.29 is 4.74 Å². The summed E-state index contributed by atoms with van der Waals surface area (Å²) in [6.45, 7) is 1.64. The SMILES string of the molecule is Nc1ccn2cc(C3CCOC3)nc2c1. The molecule has 3 rings (SSSR count). The standard InChI is InChI=1S/C11H13N3O/c12-9-1-3-14-6-10(13-11(14)5-9)8-2-4-15-7-8/h1,3,5-6,8H,2,4,7,12H2. The summed E-state index contributed by atoms with van der Waals surface area (Å²) in [5.74, 6) is 0.450. The van der Waals surface area contributed by atoms with E-state index >= 15 is 0 Å². The quantitative estimate of drug-likeness (QED) is 0.762. The second-order valence-corrected chi connectivity index (χ2v) is 3.95. The Bertz CT molecular complexity index is 486. The van der Waals surface area contributed by atoms with E-state index in [1.165, 1.54) is 0 Å². The lowest BCUT2D eigenvalue weighted by Gasteiger charge is -2.00. The first-order valence-corrected chi connectivity index (χ1v) is 5.15. The van der Waals surface area contributed by atoms with Crippen LogP contribution in [0, 0.1) is 0 Å². The Labute approximate surface area is 87.7 Å². The Morgan fingerprint density at radius 1 is 1.53 bits per heavy atom. The minimum atomic E-state index is 0.450. The van der Waals surface area contributed by atoms with Gasteiger partial charge in [-0.15, -0.1) is 0 Å². The fourth-order valence-electron chi connectivity index (χ4n) is 1.98. The number of rotatable bonds is 1. The van der Waals surface area contributed by atoms with Crippen molar-refractivity contribution >= 4 is 11.3 Å². The first-order chi connectivity index (χ1) is 7.33. The lowest BCUT2D eigenvalue weighted by Crippen LogP contribution is -1.96. The normalized spacial score (nSPS) is 21.2. The van der Waals surface area contributed by atoms with Crippen LogP contribution in [0.4, 0.5) is 5.69 Å². The third-order valence-electron chi connectivity index (χ3n) is 2.85. The van der Waals surface area contributed by atoms with Crippen LogP contribution in [0.25, 0.3) is 5.65 Å². The smallest absolute Gasteiger partial charge is 0.139 e. The summed E-state index contributed by atoms with van der Waals surface area (Å²) in [5, 5.41) is 0. The first-order valence-electron chi connectivity index (χ1n) is 5.15. The van der Waals surface area contributed by atoms with Crippen molar-refractivity contribution in [3.8, 4) is 0 Å². The molecule has 2 aromatic rings. The van der Waals surface area contributed by atoms with Crippen LogP contribution >= 0.6 is 0 Å². The van der Waals surface area contributed by atoms with E-state index in [-0.39, 0.29) is 0 Å². The van der Waals surface area contributed by atoms with Crippen LogP contribution in [0.5, 0.6) is 0 Å². The molecular formula is C11H13N3O. The summed E-state index contributed by atoms with van der Waals surface area (Å²) in [6.07, 6.45) is 5.07. The predicted octanol–water partition coefficient (Wildman–Crippen LogP) is 1.42. The highest BCUT2D eigenvalue weighted by Gasteiger charge is 2.20. The predicted molar refractivity (Wildman–Crippen MR) is 57.8 cm³/mol. The van der Waals surface area contributed by atoms with Crippen molar-refractivity contribution in [1.29, 1.82) is 0 Å². The van der Waals surface area contributed by atoms with Crippen molar-refractivity contribution in [2.75, 3.05) is 18.9 Å². The fourth-order valence-corrected chi connectivity index (χ4v) is 1.98. The Balaban J connectivity index is 2.05. The van der Waals surface area contributed by atoms with Crippen LogP contribution in [-0.2, 0) is 4.74 Å². The summed E-state index contributed by atoms with van der Waals surface area (Å²) in [4.78, 5) is 4.56. The Hall–Kier alpha value is -1.55. The zero-order valence-electron chi connectivity index (χ0n) is 8.39. The van der Waals surface area contributed by atoms with Crippen LogP contribution < -0.4 is 5.73 Å². The molecule has 2 N–H and O–H groups in total. The second-order valence-electron chi connectivity index (χ2n) is 3.95. The molecule has 1 aliphatic rings. The van der Waals surface area contributed by atoms with E-state index in [1.54, 1.807) is 0 Å². The summed E-state index contributed by atoms with van der Waals surface area (Å²) in [7, 11) is 0. The molecule has 3 heterocycles. The van der Waals surface area contributed by atoms with Gasteiger partial charge in [0.15, 0.2) is 0 Å². The van der Waals surface area contributed by atoms with Gasteiger partial charge < -0.3 is 14.9 Å². The van der Waals surface area contributed by atoms with Gasteiger partial charge in [-0.2, -0.15) is 0 Å². The van der Waals surface area contributed by atoms with Crippen molar-refractivity contribution in [1.82, 2.24) is 9.38 Å². The number of hydrogen-bond acceptors (Lipinski definition) is 3. The van der Waals surface area contributed by atoms with Gasteiger partial charge in [0, 0.05) is 36.7 Å². The first kappa shape index (κ1) is 8.73. The van der Waals surface area contributed by atoms with Crippen LogP contribution in [0.1, 0.15) is 18.0 Å². The average molecular weight is 203 g/mol. The average Bonchev–Trinajstić information content (AvgIpc) is 2.84. The number of aromatic nitrogens is 2. The van der Waals surface area contributed by atoms with Gasteiger partial charge in [0.2, 0.25) is 0 Å². The van der Waals surface area contributed by atoms with Gasteiger partial charge in [-0.05, 0) is 12.5 Å². The van der Waals surface area contributed by atoms with Gasteiger partial charge in [0.1, 0.15) is 5.65 Å². The zero-order chi connectivity index (χ0) is 10.3. The molecule has 1 fully saturated rings. The molecular weight excluding hydrogens is 190 g/mol.